The summed E-state index contributed by atoms with van der Waals surface area (Å²) in [5, 5.41) is 8.86. The molecule has 1 atom stereocenters. The van der Waals surface area contributed by atoms with E-state index < -0.39 is 23.6 Å². The Balaban J connectivity index is 2.18. The first kappa shape index (κ1) is 12.7. The summed E-state index contributed by atoms with van der Waals surface area (Å²) < 4.78 is 37.6. The summed E-state index contributed by atoms with van der Waals surface area (Å²) in [7, 11) is 0. The van der Waals surface area contributed by atoms with E-state index in [4.69, 9.17) is 5.11 Å². The van der Waals surface area contributed by atoms with E-state index in [0.717, 1.165) is 12.1 Å². The van der Waals surface area contributed by atoms with Crippen LogP contribution in [0.4, 0.5) is 18.9 Å². The maximum atomic E-state index is 12.5. The summed E-state index contributed by atoms with van der Waals surface area (Å²) in [5.41, 5.74) is -0.285. The van der Waals surface area contributed by atoms with Gasteiger partial charge in [-0.05, 0) is 24.6 Å². The van der Waals surface area contributed by atoms with Gasteiger partial charge in [0.05, 0.1) is 11.5 Å². The molecule has 1 aromatic rings. The smallest absolute Gasteiger partial charge is 0.416 e. The van der Waals surface area contributed by atoms with Crippen LogP contribution in [0.2, 0.25) is 0 Å². The highest BCUT2D eigenvalue weighted by molar-refractivity contribution is 5.72. The largest absolute Gasteiger partial charge is 0.481 e. The molecule has 0 saturated carbocycles. The number of nitrogens with zero attached hydrogens (tertiary/aromatic N) is 1. The second-order valence-corrected chi connectivity index (χ2v) is 4.32. The number of aliphatic carboxylic acids is 1. The second kappa shape index (κ2) is 4.51. The Morgan fingerprint density at radius 1 is 1.39 bits per heavy atom. The summed E-state index contributed by atoms with van der Waals surface area (Å²) in [6.07, 6.45) is -3.91. The van der Waals surface area contributed by atoms with Crippen molar-refractivity contribution < 1.29 is 23.1 Å². The number of carboxylic acids is 1. The molecule has 18 heavy (non-hydrogen) atoms. The molecule has 0 bridgehead atoms. The van der Waals surface area contributed by atoms with Crippen molar-refractivity contribution in [1.29, 1.82) is 0 Å². The van der Waals surface area contributed by atoms with Crippen LogP contribution in [0, 0.1) is 5.92 Å². The molecule has 1 N–H and O–H groups in total. The molecule has 6 heteroatoms. The van der Waals surface area contributed by atoms with E-state index in [0.29, 0.717) is 18.7 Å². The third kappa shape index (κ3) is 2.57. The molecule has 98 valence electrons. The molecular formula is C12H12F3NO2. The van der Waals surface area contributed by atoms with Gasteiger partial charge in [0.25, 0.3) is 0 Å². The van der Waals surface area contributed by atoms with Gasteiger partial charge in [-0.2, -0.15) is 13.2 Å². The van der Waals surface area contributed by atoms with Gasteiger partial charge in [-0.1, -0.05) is 6.07 Å². The van der Waals surface area contributed by atoms with Gasteiger partial charge >= 0.3 is 12.1 Å². The van der Waals surface area contributed by atoms with Gasteiger partial charge in [0.15, 0.2) is 0 Å². The first-order valence-corrected chi connectivity index (χ1v) is 5.53. The first-order chi connectivity index (χ1) is 8.38. The van der Waals surface area contributed by atoms with Crippen LogP contribution in [0.3, 0.4) is 0 Å². The lowest BCUT2D eigenvalue weighted by Crippen LogP contribution is -2.23. The van der Waals surface area contributed by atoms with Crippen LogP contribution < -0.4 is 4.90 Å². The molecule has 0 aromatic heterocycles. The Morgan fingerprint density at radius 3 is 2.67 bits per heavy atom. The van der Waals surface area contributed by atoms with Gasteiger partial charge in [0.2, 0.25) is 0 Å². The van der Waals surface area contributed by atoms with Crippen LogP contribution in [-0.4, -0.2) is 24.2 Å². The van der Waals surface area contributed by atoms with Crippen molar-refractivity contribution in [2.45, 2.75) is 12.6 Å². The van der Waals surface area contributed by atoms with E-state index in [1.165, 1.54) is 6.07 Å². The zero-order chi connectivity index (χ0) is 13.3. The van der Waals surface area contributed by atoms with Gasteiger partial charge in [-0.25, -0.2) is 0 Å². The number of hydrogen-bond acceptors (Lipinski definition) is 2. The maximum Gasteiger partial charge on any atom is 0.416 e. The lowest BCUT2D eigenvalue weighted by atomic mass is 10.1. The van der Waals surface area contributed by atoms with E-state index in [2.05, 4.69) is 0 Å². The minimum atomic E-state index is -4.37. The van der Waals surface area contributed by atoms with E-state index in [1.54, 1.807) is 11.0 Å². The first-order valence-electron chi connectivity index (χ1n) is 5.53. The van der Waals surface area contributed by atoms with Gasteiger partial charge in [-0.3, -0.25) is 4.79 Å². The van der Waals surface area contributed by atoms with Crippen LogP contribution in [0.5, 0.6) is 0 Å². The number of rotatable bonds is 2. The number of anilines is 1. The normalized spacial score (nSPS) is 20.2. The van der Waals surface area contributed by atoms with Crippen molar-refractivity contribution >= 4 is 11.7 Å². The highest BCUT2D eigenvalue weighted by Crippen LogP contribution is 2.33. The fraction of sp³-hybridized carbons (Fsp3) is 0.417. The number of carbonyl (C=O) groups is 1. The van der Waals surface area contributed by atoms with E-state index >= 15 is 0 Å². The number of benzene rings is 1. The highest BCUT2D eigenvalue weighted by atomic mass is 19.4. The molecule has 1 fully saturated rings. The van der Waals surface area contributed by atoms with E-state index in [1.807, 2.05) is 0 Å². The molecular weight excluding hydrogens is 247 g/mol. The summed E-state index contributed by atoms with van der Waals surface area (Å²) in [6, 6.07) is 4.98. The number of hydrogen-bond donors (Lipinski definition) is 1. The zero-order valence-corrected chi connectivity index (χ0v) is 9.44. The maximum absolute atomic E-state index is 12.5. The Hall–Kier alpha value is -1.72. The highest BCUT2D eigenvalue weighted by Gasteiger charge is 2.32. The Bertz CT molecular complexity index is 459. The van der Waals surface area contributed by atoms with Crippen LogP contribution in [-0.2, 0) is 11.0 Å². The average Bonchev–Trinajstić information content (AvgIpc) is 2.77. The van der Waals surface area contributed by atoms with Crippen LogP contribution >= 0.6 is 0 Å². The van der Waals surface area contributed by atoms with E-state index in [-0.39, 0.29) is 6.54 Å². The monoisotopic (exact) mass is 259 g/mol. The molecule has 0 spiro atoms. The summed E-state index contributed by atoms with van der Waals surface area (Å²) in [6.45, 7) is 0.731. The van der Waals surface area contributed by atoms with Crippen molar-refractivity contribution in [3.05, 3.63) is 29.8 Å². The number of carboxylic acid groups (broad SMARTS) is 1. The second-order valence-electron chi connectivity index (χ2n) is 4.32. The third-order valence-corrected chi connectivity index (χ3v) is 3.08. The van der Waals surface area contributed by atoms with Gasteiger partial charge < -0.3 is 10.0 Å². The van der Waals surface area contributed by atoms with Crippen LogP contribution in [0.15, 0.2) is 24.3 Å². The topological polar surface area (TPSA) is 40.5 Å². The molecule has 0 aliphatic carbocycles. The molecule has 1 aliphatic rings. The Morgan fingerprint density at radius 2 is 2.11 bits per heavy atom. The summed E-state index contributed by atoms with van der Waals surface area (Å²) >= 11 is 0. The minimum absolute atomic E-state index is 0.261. The molecule has 1 heterocycles. The Kier molecular flexibility index (Phi) is 3.19. The van der Waals surface area contributed by atoms with Crippen LogP contribution in [0.1, 0.15) is 12.0 Å². The third-order valence-electron chi connectivity index (χ3n) is 3.08. The molecule has 1 saturated heterocycles. The fourth-order valence-electron chi connectivity index (χ4n) is 2.08. The molecule has 0 radical (unpaired) electrons. The molecule has 0 amide bonds. The minimum Gasteiger partial charge on any atom is -0.481 e. The predicted molar refractivity (Wildman–Crippen MR) is 59.4 cm³/mol. The standard InChI is InChI=1S/C12H12F3NO2/c13-12(14,15)9-2-1-3-10(6-9)16-5-4-8(7-16)11(17)18/h1-3,6,8H,4-5,7H2,(H,17,18). The number of halogens is 3. The predicted octanol–water partition coefficient (Wildman–Crippen LogP) is 2.62. The Labute approximate surface area is 102 Å². The van der Waals surface area contributed by atoms with Crippen molar-refractivity contribution in [3.8, 4) is 0 Å². The summed E-state index contributed by atoms with van der Waals surface area (Å²) in [4.78, 5) is 12.5. The quantitative estimate of drug-likeness (QED) is 0.887. The van der Waals surface area contributed by atoms with Gasteiger partial charge in [0.1, 0.15) is 0 Å². The van der Waals surface area contributed by atoms with Gasteiger partial charge in [0, 0.05) is 18.8 Å². The summed E-state index contributed by atoms with van der Waals surface area (Å²) in [5.74, 6) is -1.40. The SMILES string of the molecule is O=C(O)C1CCN(c2cccc(C(F)(F)F)c2)C1. The molecule has 1 unspecified atom stereocenters. The molecule has 1 aliphatic heterocycles. The lowest BCUT2D eigenvalue weighted by Gasteiger charge is -2.19. The van der Waals surface area contributed by atoms with Crippen molar-refractivity contribution in [2.24, 2.45) is 5.92 Å². The fourth-order valence-corrected chi connectivity index (χ4v) is 2.08. The van der Waals surface area contributed by atoms with Crippen molar-refractivity contribution in [2.75, 3.05) is 18.0 Å². The average molecular weight is 259 g/mol. The molecule has 2 rings (SSSR count). The molecule has 3 nitrogen and oxygen atoms in total. The molecule has 1 aromatic carbocycles. The van der Waals surface area contributed by atoms with Crippen molar-refractivity contribution in [3.63, 3.8) is 0 Å². The lowest BCUT2D eigenvalue weighted by molar-refractivity contribution is -0.141. The van der Waals surface area contributed by atoms with E-state index in [9.17, 15) is 18.0 Å². The zero-order valence-electron chi connectivity index (χ0n) is 9.44. The van der Waals surface area contributed by atoms with Crippen molar-refractivity contribution in [1.82, 2.24) is 0 Å². The van der Waals surface area contributed by atoms with Gasteiger partial charge in [-0.15, -0.1) is 0 Å². The number of alkyl halides is 3. The van der Waals surface area contributed by atoms with Crippen LogP contribution in [0.25, 0.3) is 0 Å².